The summed E-state index contributed by atoms with van der Waals surface area (Å²) in [7, 11) is 0. The predicted octanol–water partition coefficient (Wildman–Crippen LogP) is 1.83. The van der Waals surface area contributed by atoms with Gasteiger partial charge in [-0.1, -0.05) is 19.4 Å². The highest BCUT2D eigenvalue weighted by Gasteiger charge is 2.45. The molecule has 0 spiro atoms. The van der Waals surface area contributed by atoms with Gasteiger partial charge in [0.15, 0.2) is 0 Å². The molecule has 10 heavy (non-hydrogen) atoms. The molecule has 1 saturated carbocycles. The highest BCUT2D eigenvalue weighted by molar-refractivity contribution is 5.05. The van der Waals surface area contributed by atoms with Crippen molar-refractivity contribution in [2.24, 2.45) is 17.8 Å². The van der Waals surface area contributed by atoms with Gasteiger partial charge in [-0.15, -0.1) is 6.58 Å². The highest BCUT2D eigenvalue weighted by atomic mass is 16.3. The van der Waals surface area contributed by atoms with Gasteiger partial charge in [-0.2, -0.15) is 0 Å². The summed E-state index contributed by atoms with van der Waals surface area (Å²) in [6, 6.07) is 0. The fourth-order valence-electron chi connectivity index (χ4n) is 1.82. The first-order chi connectivity index (χ1) is 4.85. The van der Waals surface area contributed by atoms with Crippen LogP contribution in [0.3, 0.4) is 0 Å². The molecule has 0 bridgehead atoms. The van der Waals surface area contributed by atoms with Crippen LogP contribution in [0.1, 0.15) is 19.8 Å². The van der Waals surface area contributed by atoms with Gasteiger partial charge in [0, 0.05) is 6.61 Å². The molecule has 0 unspecified atom stereocenters. The van der Waals surface area contributed by atoms with Gasteiger partial charge in [0.05, 0.1) is 0 Å². The van der Waals surface area contributed by atoms with Crippen LogP contribution in [0, 0.1) is 17.8 Å². The lowest BCUT2D eigenvalue weighted by atomic mass is 10.2. The zero-order valence-corrected chi connectivity index (χ0v) is 6.59. The molecular formula is C9H16O. The van der Waals surface area contributed by atoms with Gasteiger partial charge in [0.25, 0.3) is 0 Å². The molecule has 0 amide bonds. The van der Waals surface area contributed by atoms with Gasteiger partial charge in [-0.25, -0.2) is 0 Å². The van der Waals surface area contributed by atoms with E-state index in [-0.39, 0.29) is 0 Å². The van der Waals surface area contributed by atoms with Crippen LogP contribution in [0.15, 0.2) is 12.7 Å². The fourth-order valence-corrected chi connectivity index (χ4v) is 1.82. The lowest BCUT2D eigenvalue weighted by Crippen LogP contribution is -1.87. The second-order valence-corrected chi connectivity index (χ2v) is 3.11. The Morgan fingerprint density at radius 2 is 2.20 bits per heavy atom. The van der Waals surface area contributed by atoms with Crippen molar-refractivity contribution in [3.8, 4) is 0 Å². The minimum Gasteiger partial charge on any atom is -0.396 e. The first-order valence-corrected chi connectivity index (χ1v) is 4.08. The number of aliphatic hydroxyl groups is 1. The Bertz CT molecular complexity index is 120. The monoisotopic (exact) mass is 140 g/mol. The van der Waals surface area contributed by atoms with Crippen molar-refractivity contribution in [2.75, 3.05) is 6.61 Å². The molecule has 0 aromatic carbocycles. The van der Waals surface area contributed by atoms with E-state index in [1.165, 1.54) is 12.8 Å². The average molecular weight is 140 g/mol. The maximum absolute atomic E-state index is 8.86. The quantitative estimate of drug-likeness (QED) is 0.591. The first kappa shape index (κ1) is 7.80. The van der Waals surface area contributed by atoms with Crippen LogP contribution in [0.2, 0.25) is 0 Å². The largest absolute Gasteiger partial charge is 0.396 e. The maximum atomic E-state index is 8.86. The zero-order valence-electron chi connectivity index (χ0n) is 6.59. The Morgan fingerprint density at radius 3 is 2.50 bits per heavy atom. The molecule has 0 heterocycles. The summed E-state index contributed by atoms with van der Waals surface area (Å²) >= 11 is 0. The Hall–Kier alpha value is -0.300. The van der Waals surface area contributed by atoms with Crippen LogP contribution in [-0.2, 0) is 0 Å². The number of allylic oxidation sites excluding steroid dienone is 1. The van der Waals surface area contributed by atoms with Gasteiger partial charge in [-0.3, -0.25) is 0 Å². The van der Waals surface area contributed by atoms with Crippen LogP contribution in [0.25, 0.3) is 0 Å². The molecule has 3 atom stereocenters. The van der Waals surface area contributed by atoms with Crippen molar-refractivity contribution in [1.29, 1.82) is 0 Å². The topological polar surface area (TPSA) is 20.2 Å². The summed E-state index contributed by atoms with van der Waals surface area (Å²) in [5, 5.41) is 8.86. The molecular weight excluding hydrogens is 124 g/mol. The molecule has 58 valence electrons. The summed E-state index contributed by atoms with van der Waals surface area (Å²) in [5.41, 5.74) is 0. The molecule has 0 aromatic rings. The lowest BCUT2D eigenvalue weighted by Gasteiger charge is -1.89. The molecule has 1 nitrogen and oxygen atoms in total. The number of hydrogen-bond acceptors (Lipinski definition) is 1. The number of hydrogen-bond donors (Lipinski definition) is 1. The van der Waals surface area contributed by atoms with Crippen LogP contribution in [0.5, 0.6) is 0 Å². The Labute approximate surface area is 62.8 Å². The second-order valence-electron chi connectivity index (χ2n) is 3.11. The van der Waals surface area contributed by atoms with Gasteiger partial charge in [0.1, 0.15) is 0 Å². The molecule has 0 aliphatic heterocycles. The van der Waals surface area contributed by atoms with Crippen molar-refractivity contribution in [3.05, 3.63) is 12.7 Å². The Balaban J connectivity index is 2.29. The Morgan fingerprint density at radius 1 is 1.50 bits per heavy atom. The van der Waals surface area contributed by atoms with E-state index in [9.17, 15) is 0 Å². The van der Waals surface area contributed by atoms with Crippen molar-refractivity contribution >= 4 is 0 Å². The van der Waals surface area contributed by atoms with Crippen LogP contribution in [0.4, 0.5) is 0 Å². The van der Waals surface area contributed by atoms with E-state index >= 15 is 0 Å². The molecule has 1 aliphatic carbocycles. The second kappa shape index (κ2) is 3.20. The van der Waals surface area contributed by atoms with E-state index in [1.54, 1.807) is 0 Å². The minimum absolute atomic E-state index is 0.349. The number of rotatable bonds is 4. The standard InChI is InChI=1S/C9H16O/c1-3-5-8-7(4-2)9(8)6-10/h4,7-10H,2-3,5-6H2,1H3/t7-,8+,9-/m0/s1. The molecule has 0 radical (unpaired) electrons. The van der Waals surface area contributed by atoms with Crippen LogP contribution < -0.4 is 0 Å². The summed E-state index contributed by atoms with van der Waals surface area (Å²) < 4.78 is 0. The van der Waals surface area contributed by atoms with E-state index in [0.29, 0.717) is 18.4 Å². The molecule has 1 N–H and O–H groups in total. The van der Waals surface area contributed by atoms with Gasteiger partial charge in [0.2, 0.25) is 0 Å². The average Bonchev–Trinajstić information content (AvgIpc) is 2.62. The molecule has 1 aliphatic rings. The summed E-state index contributed by atoms with van der Waals surface area (Å²) in [4.78, 5) is 0. The van der Waals surface area contributed by atoms with E-state index in [4.69, 9.17) is 5.11 Å². The molecule has 0 aromatic heterocycles. The maximum Gasteiger partial charge on any atom is 0.0467 e. The summed E-state index contributed by atoms with van der Waals surface area (Å²) in [5.74, 6) is 1.90. The van der Waals surface area contributed by atoms with Gasteiger partial charge < -0.3 is 5.11 Å². The van der Waals surface area contributed by atoms with Gasteiger partial charge in [-0.05, 0) is 24.2 Å². The normalized spacial score (nSPS) is 37.6. The highest BCUT2D eigenvalue weighted by Crippen LogP contribution is 2.49. The van der Waals surface area contributed by atoms with Gasteiger partial charge >= 0.3 is 0 Å². The summed E-state index contributed by atoms with van der Waals surface area (Å²) in [6.45, 7) is 6.28. The Kier molecular flexibility index (Phi) is 2.50. The van der Waals surface area contributed by atoms with E-state index < -0.39 is 0 Å². The van der Waals surface area contributed by atoms with E-state index in [2.05, 4.69) is 13.5 Å². The third-order valence-corrected chi connectivity index (χ3v) is 2.50. The van der Waals surface area contributed by atoms with E-state index in [0.717, 1.165) is 5.92 Å². The van der Waals surface area contributed by atoms with Crippen molar-refractivity contribution in [3.63, 3.8) is 0 Å². The van der Waals surface area contributed by atoms with E-state index in [1.807, 2.05) is 6.08 Å². The molecule has 1 heteroatoms. The zero-order chi connectivity index (χ0) is 7.56. The minimum atomic E-state index is 0.349. The summed E-state index contributed by atoms with van der Waals surface area (Å²) in [6.07, 6.45) is 4.47. The molecule has 1 rings (SSSR count). The first-order valence-electron chi connectivity index (χ1n) is 4.08. The smallest absolute Gasteiger partial charge is 0.0467 e. The molecule has 0 saturated heterocycles. The van der Waals surface area contributed by atoms with Crippen molar-refractivity contribution in [2.45, 2.75) is 19.8 Å². The lowest BCUT2D eigenvalue weighted by molar-refractivity contribution is 0.265. The van der Waals surface area contributed by atoms with Crippen molar-refractivity contribution < 1.29 is 5.11 Å². The predicted molar refractivity (Wildman–Crippen MR) is 42.7 cm³/mol. The third kappa shape index (κ3) is 1.24. The third-order valence-electron chi connectivity index (χ3n) is 2.50. The number of aliphatic hydroxyl groups excluding tert-OH is 1. The SMILES string of the molecule is C=C[C@H]1[C@@H](CCC)[C@H]1CO. The fraction of sp³-hybridized carbons (Fsp3) is 0.778. The van der Waals surface area contributed by atoms with Crippen molar-refractivity contribution in [1.82, 2.24) is 0 Å². The van der Waals surface area contributed by atoms with Crippen LogP contribution in [-0.4, -0.2) is 11.7 Å². The molecule has 1 fully saturated rings. The van der Waals surface area contributed by atoms with Crippen LogP contribution >= 0.6 is 0 Å².